The van der Waals surface area contributed by atoms with Crippen molar-refractivity contribution in [3.05, 3.63) is 35.4 Å². The highest BCUT2D eigenvalue weighted by atomic mass is 16.2. The number of aryl methyl sites for hydroxylation is 1. The first-order valence-electron chi connectivity index (χ1n) is 14.9. The van der Waals surface area contributed by atoms with Gasteiger partial charge in [-0.3, -0.25) is 14.4 Å². The van der Waals surface area contributed by atoms with Crippen LogP contribution in [0.25, 0.3) is 0 Å². The van der Waals surface area contributed by atoms with Gasteiger partial charge in [-0.1, -0.05) is 31.0 Å². The summed E-state index contributed by atoms with van der Waals surface area (Å²) in [6.07, 6.45) is 12.8. The van der Waals surface area contributed by atoms with Gasteiger partial charge in [0.15, 0.2) is 0 Å². The summed E-state index contributed by atoms with van der Waals surface area (Å²) in [4.78, 5) is 42.4. The Morgan fingerprint density at radius 1 is 0.838 bits per heavy atom. The lowest BCUT2D eigenvalue weighted by Crippen LogP contribution is -2.58. The van der Waals surface area contributed by atoms with Gasteiger partial charge in [0.2, 0.25) is 11.8 Å². The maximum atomic E-state index is 13.9. The molecule has 1 aromatic rings. The lowest BCUT2D eigenvalue weighted by molar-refractivity contribution is -0.160. The topological polar surface area (TPSA) is 78.5 Å². The predicted octanol–water partition coefficient (Wildman–Crippen LogP) is 4.61. The number of hydrogen-bond donors (Lipinski definition) is 2. The van der Waals surface area contributed by atoms with E-state index in [-0.39, 0.29) is 35.2 Å². The number of benzene rings is 1. The summed E-state index contributed by atoms with van der Waals surface area (Å²) in [5.41, 5.74) is 1.52. The molecule has 6 nitrogen and oxygen atoms in total. The van der Waals surface area contributed by atoms with Crippen LogP contribution in [0.4, 0.5) is 0 Å². The van der Waals surface area contributed by atoms with Crippen LogP contribution in [0, 0.1) is 36.0 Å². The molecular formula is C31H43N3O3. The first kappa shape index (κ1) is 24.9. The quantitative estimate of drug-likeness (QED) is 0.614. The Balaban J connectivity index is 1.08. The zero-order valence-corrected chi connectivity index (χ0v) is 22.3. The average Bonchev–Trinajstić information content (AvgIpc) is 2.89. The van der Waals surface area contributed by atoms with E-state index in [4.69, 9.17) is 0 Å². The van der Waals surface area contributed by atoms with Crippen molar-refractivity contribution in [2.45, 2.75) is 96.1 Å². The van der Waals surface area contributed by atoms with Crippen LogP contribution in [0.2, 0.25) is 0 Å². The van der Waals surface area contributed by atoms with E-state index in [2.05, 4.69) is 15.5 Å². The molecule has 0 spiro atoms. The Bertz CT molecular complexity index is 1020. The molecule has 37 heavy (non-hydrogen) atoms. The molecule has 0 radical (unpaired) electrons. The second-order valence-electron chi connectivity index (χ2n) is 13.1. The van der Waals surface area contributed by atoms with Gasteiger partial charge in [0.05, 0.1) is 11.3 Å². The molecule has 0 unspecified atom stereocenters. The number of rotatable bonds is 5. The number of amides is 3. The van der Waals surface area contributed by atoms with Crippen LogP contribution in [0.1, 0.15) is 93.0 Å². The van der Waals surface area contributed by atoms with Crippen molar-refractivity contribution in [3.63, 3.8) is 0 Å². The molecule has 1 saturated heterocycles. The Labute approximate surface area is 221 Å². The number of carbonyl (C=O) groups is 3. The smallest absolute Gasteiger partial charge is 0.251 e. The second kappa shape index (κ2) is 10.1. The van der Waals surface area contributed by atoms with Crippen molar-refractivity contribution in [2.24, 2.45) is 29.1 Å². The number of piperidine rings is 1. The normalized spacial score (nSPS) is 36.7. The number of hydrogen-bond acceptors (Lipinski definition) is 3. The maximum Gasteiger partial charge on any atom is 0.251 e. The summed E-state index contributed by atoms with van der Waals surface area (Å²) in [5, 5.41) is 6.53. The van der Waals surface area contributed by atoms with Crippen LogP contribution < -0.4 is 10.6 Å². The van der Waals surface area contributed by atoms with Gasteiger partial charge in [-0.25, -0.2) is 0 Å². The first-order valence-corrected chi connectivity index (χ1v) is 14.9. The van der Waals surface area contributed by atoms with Crippen LogP contribution in [0.5, 0.6) is 0 Å². The second-order valence-corrected chi connectivity index (χ2v) is 13.1. The van der Waals surface area contributed by atoms with Crippen molar-refractivity contribution >= 4 is 17.7 Å². The fraction of sp³-hybridized carbons (Fsp3) is 0.710. The van der Waals surface area contributed by atoms with Crippen LogP contribution in [0.15, 0.2) is 24.3 Å². The molecule has 0 aromatic heterocycles. The van der Waals surface area contributed by atoms with E-state index in [1.807, 2.05) is 31.2 Å². The molecule has 7 rings (SSSR count). The van der Waals surface area contributed by atoms with Gasteiger partial charge in [0.25, 0.3) is 5.91 Å². The highest BCUT2D eigenvalue weighted by Crippen LogP contribution is 2.60. The van der Waals surface area contributed by atoms with Crippen molar-refractivity contribution < 1.29 is 14.4 Å². The minimum absolute atomic E-state index is 0.0524. The van der Waals surface area contributed by atoms with Crippen LogP contribution in [0.3, 0.4) is 0 Å². The monoisotopic (exact) mass is 505 g/mol. The van der Waals surface area contributed by atoms with E-state index in [0.717, 1.165) is 87.6 Å². The van der Waals surface area contributed by atoms with Crippen LogP contribution in [-0.4, -0.2) is 47.8 Å². The Hall–Kier alpha value is -2.37. The molecule has 5 saturated carbocycles. The lowest BCUT2D eigenvalue weighted by atomic mass is 9.49. The van der Waals surface area contributed by atoms with E-state index in [1.54, 1.807) is 0 Å². The van der Waals surface area contributed by atoms with Gasteiger partial charge in [-0.15, -0.1) is 0 Å². The third-order valence-corrected chi connectivity index (χ3v) is 10.4. The fourth-order valence-corrected chi connectivity index (χ4v) is 8.93. The van der Waals surface area contributed by atoms with Gasteiger partial charge < -0.3 is 15.5 Å². The minimum atomic E-state index is -0.152. The Kier molecular flexibility index (Phi) is 6.79. The third-order valence-electron chi connectivity index (χ3n) is 10.4. The summed E-state index contributed by atoms with van der Waals surface area (Å²) >= 11 is 0. The molecule has 2 N–H and O–H groups in total. The van der Waals surface area contributed by atoms with Crippen LogP contribution >= 0.6 is 0 Å². The molecule has 4 bridgehead atoms. The highest BCUT2D eigenvalue weighted by Gasteiger charge is 2.56. The molecule has 1 aromatic carbocycles. The molecule has 200 valence electrons. The summed E-state index contributed by atoms with van der Waals surface area (Å²) < 4.78 is 0. The molecule has 3 atom stereocenters. The van der Waals surface area contributed by atoms with Gasteiger partial charge in [0, 0.05) is 30.7 Å². The van der Waals surface area contributed by atoms with E-state index >= 15 is 0 Å². The van der Waals surface area contributed by atoms with Crippen molar-refractivity contribution in [2.75, 3.05) is 13.1 Å². The molecule has 1 heterocycles. The van der Waals surface area contributed by atoms with E-state index in [1.165, 1.54) is 19.3 Å². The summed E-state index contributed by atoms with van der Waals surface area (Å²) in [7, 11) is 0. The highest BCUT2D eigenvalue weighted by molar-refractivity contribution is 5.95. The SMILES string of the molecule is Cc1ccccc1C(=O)N[C@@H]1CCCC[C@H]1NC(=O)[C@@H]1CCCN(C(=O)C23CC4CC(CC(C4)C2)C3)C1. The van der Waals surface area contributed by atoms with Gasteiger partial charge in [-0.2, -0.15) is 0 Å². The zero-order valence-electron chi connectivity index (χ0n) is 22.3. The summed E-state index contributed by atoms with van der Waals surface area (Å²) in [6, 6.07) is 7.54. The van der Waals surface area contributed by atoms with E-state index < -0.39 is 0 Å². The molecule has 3 amide bonds. The van der Waals surface area contributed by atoms with Crippen molar-refractivity contribution in [1.82, 2.24) is 15.5 Å². The lowest BCUT2D eigenvalue weighted by Gasteiger charge is -2.57. The first-order chi connectivity index (χ1) is 17.9. The largest absolute Gasteiger partial charge is 0.351 e. The molecule has 5 aliphatic carbocycles. The van der Waals surface area contributed by atoms with Crippen molar-refractivity contribution in [1.29, 1.82) is 0 Å². The number of carbonyl (C=O) groups excluding carboxylic acids is 3. The van der Waals surface area contributed by atoms with Crippen molar-refractivity contribution in [3.8, 4) is 0 Å². The molecular weight excluding hydrogens is 462 g/mol. The fourth-order valence-electron chi connectivity index (χ4n) is 8.93. The minimum Gasteiger partial charge on any atom is -0.351 e. The number of nitrogens with one attached hydrogen (secondary N) is 2. The van der Waals surface area contributed by atoms with Gasteiger partial charge in [0.1, 0.15) is 0 Å². The summed E-state index contributed by atoms with van der Waals surface area (Å²) in [6.45, 7) is 3.30. The average molecular weight is 506 g/mol. The van der Waals surface area contributed by atoms with E-state index in [9.17, 15) is 14.4 Å². The van der Waals surface area contributed by atoms with Gasteiger partial charge >= 0.3 is 0 Å². The number of nitrogens with zero attached hydrogens (tertiary/aromatic N) is 1. The third kappa shape index (κ3) is 4.93. The standard InChI is InChI=1S/C31H43N3O3/c1-20-7-2-3-9-25(20)29(36)33-27-11-5-4-10-26(27)32-28(35)24-8-6-12-34(19-24)30(37)31-16-21-13-22(17-31)15-23(14-21)18-31/h2-3,7,9,21-24,26-27H,4-6,8,10-19H2,1H3,(H,32,35)(H,33,36)/t21?,22?,23?,24-,26-,27-,31?/m1/s1. The van der Waals surface area contributed by atoms with Crippen LogP contribution in [-0.2, 0) is 9.59 Å². The predicted molar refractivity (Wildman–Crippen MR) is 143 cm³/mol. The molecule has 6 fully saturated rings. The zero-order chi connectivity index (χ0) is 25.6. The Morgan fingerprint density at radius 3 is 2.11 bits per heavy atom. The molecule has 6 heteroatoms. The van der Waals surface area contributed by atoms with E-state index in [0.29, 0.717) is 18.0 Å². The maximum absolute atomic E-state index is 13.9. The van der Waals surface area contributed by atoms with Gasteiger partial charge in [-0.05, 0) is 101 Å². The Morgan fingerprint density at radius 2 is 1.46 bits per heavy atom. The number of likely N-dealkylation sites (tertiary alicyclic amines) is 1. The molecule has 6 aliphatic rings. The molecule has 1 aliphatic heterocycles. The summed E-state index contributed by atoms with van der Waals surface area (Å²) in [5.74, 6) is 2.44.